The van der Waals surface area contributed by atoms with Crippen LogP contribution in [0.2, 0.25) is 0 Å². The first-order valence-corrected chi connectivity index (χ1v) is 6.82. The molecule has 16 heavy (non-hydrogen) atoms. The summed E-state index contributed by atoms with van der Waals surface area (Å²) in [5.74, 6) is -0.174. The van der Waals surface area contributed by atoms with E-state index in [1.807, 2.05) is 26.8 Å². The molecule has 0 aliphatic rings. The van der Waals surface area contributed by atoms with E-state index in [-0.39, 0.29) is 5.82 Å². The first-order valence-electron chi connectivity index (χ1n) is 5.45. The van der Waals surface area contributed by atoms with Gasteiger partial charge in [0.15, 0.2) is 8.38 Å². The predicted molar refractivity (Wildman–Crippen MR) is 65.0 cm³/mol. The Hall–Kier alpha value is -0.500. The molecule has 0 radical (unpaired) electrons. The highest BCUT2D eigenvalue weighted by Gasteiger charge is 2.13. The van der Waals surface area contributed by atoms with E-state index in [0.29, 0.717) is 24.9 Å². The van der Waals surface area contributed by atoms with Gasteiger partial charge in [-0.25, -0.2) is 4.39 Å². The van der Waals surface area contributed by atoms with Crippen LogP contribution in [-0.2, 0) is 15.2 Å². The number of hydrogen-bond donors (Lipinski definition) is 0. The van der Waals surface area contributed by atoms with Gasteiger partial charge in [0, 0.05) is 6.16 Å². The molecule has 0 N–H and O–H groups in total. The maximum absolute atomic E-state index is 13.6. The quantitative estimate of drug-likeness (QED) is 0.704. The maximum atomic E-state index is 13.6. The Morgan fingerprint density at radius 2 is 1.81 bits per heavy atom. The molecular weight excluding hydrogens is 226 g/mol. The van der Waals surface area contributed by atoms with E-state index in [1.165, 1.54) is 0 Å². The van der Waals surface area contributed by atoms with Gasteiger partial charge in [0.1, 0.15) is 5.82 Å². The van der Waals surface area contributed by atoms with Crippen molar-refractivity contribution in [2.75, 3.05) is 13.2 Å². The van der Waals surface area contributed by atoms with Gasteiger partial charge in [-0.05, 0) is 38.0 Å². The highest BCUT2D eigenvalue weighted by atomic mass is 31.2. The Morgan fingerprint density at radius 3 is 2.31 bits per heavy atom. The summed E-state index contributed by atoms with van der Waals surface area (Å²) < 4.78 is 24.5. The second-order valence-electron chi connectivity index (χ2n) is 3.42. The Balaban J connectivity index is 2.68. The smallest absolute Gasteiger partial charge is 0.175 e. The van der Waals surface area contributed by atoms with E-state index in [2.05, 4.69) is 0 Å². The summed E-state index contributed by atoms with van der Waals surface area (Å²) in [4.78, 5) is 0. The highest BCUT2D eigenvalue weighted by Crippen LogP contribution is 2.42. The fourth-order valence-electron chi connectivity index (χ4n) is 1.34. The van der Waals surface area contributed by atoms with E-state index in [1.54, 1.807) is 12.1 Å². The van der Waals surface area contributed by atoms with Crippen molar-refractivity contribution in [1.82, 2.24) is 0 Å². The summed E-state index contributed by atoms with van der Waals surface area (Å²) in [5.41, 5.74) is 1.59. The van der Waals surface area contributed by atoms with Crippen molar-refractivity contribution in [1.29, 1.82) is 0 Å². The molecule has 0 saturated carbocycles. The van der Waals surface area contributed by atoms with E-state index in [0.717, 1.165) is 5.56 Å². The Morgan fingerprint density at radius 1 is 1.19 bits per heavy atom. The van der Waals surface area contributed by atoms with Gasteiger partial charge in [-0.1, -0.05) is 12.1 Å². The first-order chi connectivity index (χ1) is 7.67. The zero-order valence-electron chi connectivity index (χ0n) is 10.00. The lowest BCUT2D eigenvalue weighted by atomic mass is 10.2. The largest absolute Gasteiger partial charge is 0.334 e. The highest BCUT2D eigenvalue weighted by molar-refractivity contribution is 7.46. The SMILES string of the molecule is CCOP(Cc1ccc(C)cc1F)OCC. The number of halogens is 1. The van der Waals surface area contributed by atoms with Crippen molar-refractivity contribution >= 4 is 8.38 Å². The van der Waals surface area contributed by atoms with Gasteiger partial charge in [-0.15, -0.1) is 0 Å². The van der Waals surface area contributed by atoms with Gasteiger partial charge in [0.25, 0.3) is 0 Å². The van der Waals surface area contributed by atoms with Gasteiger partial charge in [-0.3, -0.25) is 0 Å². The minimum Gasteiger partial charge on any atom is -0.334 e. The molecule has 1 aromatic carbocycles. The molecule has 0 bridgehead atoms. The van der Waals surface area contributed by atoms with Crippen LogP contribution in [0.15, 0.2) is 18.2 Å². The van der Waals surface area contributed by atoms with E-state index >= 15 is 0 Å². The molecule has 0 aliphatic heterocycles. The zero-order valence-corrected chi connectivity index (χ0v) is 10.9. The van der Waals surface area contributed by atoms with Crippen LogP contribution >= 0.6 is 8.38 Å². The van der Waals surface area contributed by atoms with E-state index < -0.39 is 8.38 Å². The molecule has 0 aromatic heterocycles. The van der Waals surface area contributed by atoms with Crippen LogP contribution in [0.5, 0.6) is 0 Å². The van der Waals surface area contributed by atoms with Crippen LogP contribution in [0.3, 0.4) is 0 Å². The topological polar surface area (TPSA) is 18.5 Å². The van der Waals surface area contributed by atoms with Crippen LogP contribution in [0.4, 0.5) is 4.39 Å². The molecule has 90 valence electrons. The predicted octanol–water partition coefficient (Wildman–Crippen LogP) is 4.02. The van der Waals surface area contributed by atoms with Crippen molar-refractivity contribution in [2.24, 2.45) is 0 Å². The van der Waals surface area contributed by atoms with Gasteiger partial charge >= 0.3 is 0 Å². The lowest BCUT2D eigenvalue weighted by Crippen LogP contribution is -1.96. The average molecular weight is 244 g/mol. The standard InChI is InChI=1S/C12H18FO2P/c1-4-14-16(15-5-2)9-11-7-6-10(3)8-12(11)13/h6-8H,4-5,9H2,1-3H3. The van der Waals surface area contributed by atoms with Crippen molar-refractivity contribution in [2.45, 2.75) is 26.9 Å². The molecule has 0 atom stereocenters. The molecule has 4 heteroatoms. The third kappa shape index (κ3) is 4.17. The van der Waals surface area contributed by atoms with Gasteiger partial charge in [-0.2, -0.15) is 0 Å². The Bertz CT molecular complexity index is 325. The van der Waals surface area contributed by atoms with Crippen LogP contribution in [0.25, 0.3) is 0 Å². The first kappa shape index (κ1) is 13.6. The summed E-state index contributed by atoms with van der Waals surface area (Å²) in [6, 6.07) is 5.25. The van der Waals surface area contributed by atoms with Crippen molar-refractivity contribution in [3.63, 3.8) is 0 Å². The fraction of sp³-hybridized carbons (Fsp3) is 0.500. The molecule has 2 nitrogen and oxygen atoms in total. The minimum absolute atomic E-state index is 0.174. The molecule has 0 spiro atoms. The van der Waals surface area contributed by atoms with E-state index in [4.69, 9.17) is 9.05 Å². The second-order valence-corrected chi connectivity index (χ2v) is 4.92. The third-order valence-electron chi connectivity index (χ3n) is 2.05. The monoisotopic (exact) mass is 244 g/mol. The third-order valence-corrected chi connectivity index (χ3v) is 3.75. The fourth-order valence-corrected chi connectivity index (χ4v) is 2.70. The average Bonchev–Trinajstić information content (AvgIpc) is 2.23. The molecule has 1 aromatic rings. The molecule has 1 rings (SSSR count). The number of hydrogen-bond acceptors (Lipinski definition) is 2. The second kappa shape index (κ2) is 6.95. The molecule has 0 saturated heterocycles. The summed E-state index contributed by atoms with van der Waals surface area (Å²) >= 11 is 0. The molecule has 0 fully saturated rings. The number of rotatable bonds is 6. The maximum Gasteiger partial charge on any atom is 0.175 e. The molecule has 0 aliphatic carbocycles. The Kier molecular flexibility index (Phi) is 5.89. The van der Waals surface area contributed by atoms with Crippen molar-refractivity contribution in [3.8, 4) is 0 Å². The molecule has 0 amide bonds. The lowest BCUT2D eigenvalue weighted by molar-refractivity contribution is 0.268. The zero-order chi connectivity index (χ0) is 12.0. The van der Waals surface area contributed by atoms with Crippen LogP contribution in [-0.4, -0.2) is 13.2 Å². The van der Waals surface area contributed by atoms with Gasteiger partial charge in [0.05, 0.1) is 13.2 Å². The number of benzene rings is 1. The molecule has 0 unspecified atom stereocenters. The summed E-state index contributed by atoms with van der Waals surface area (Å²) in [6.07, 6.45) is 0.517. The van der Waals surface area contributed by atoms with Crippen molar-refractivity contribution < 1.29 is 13.4 Å². The van der Waals surface area contributed by atoms with Crippen LogP contribution in [0, 0.1) is 12.7 Å². The number of aryl methyl sites for hydroxylation is 1. The van der Waals surface area contributed by atoms with Crippen LogP contribution < -0.4 is 0 Å². The summed E-state index contributed by atoms with van der Waals surface area (Å²) in [5, 5.41) is 0. The van der Waals surface area contributed by atoms with Gasteiger partial charge in [0.2, 0.25) is 0 Å². The Labute approximate surface area is 97.7 Å². The van der Waals surface area contributed by atoms with Crippen LogP contribution in [0.1, 0.15) is 25.0 Å². The molecular formula is C12H18FO2P. The normalized spacial score (nSPS) is 11.1. The molecule has 0 heterocycles. The van der Waals surface area contributed by atoms with Crippen molar-refractivity contribution in [3.05, 3.63) is 35.1 Å². The van der Waals surface area contributed by atoms with Gasteiger partial charge < -0.3 is 9.05 Å². The summed E-state index contributed by atoms with van der Waals surface area (Å²) in [7, 11) is -1.00. The van der Waals surface area contributed by atoms with E-state index in [9.17, 15) is 4.39 Å². The minimum atomic E-state index is -1.00. The lowest BCUT2D eigenvalue weighted by Gasteiger charge is -2.16. The summed E-state index contributed by atoms with van der Waals surface area (Å²) in [6.45, 7) is 6.90.